The van der Waals surface area contributed by atoms with Crippen molar-refractivity contribution in [3.05, 3.63) is 34.9 Å². The van der Waals surface area contributed by atoms with Gasteiger partial charge in [0, 0.05) is 0 Å². The molecule has 0 aliphatic carbocycles. The van der Waals surface area contributed by atoms with Crippen LogP contribution < -0.4 is 0 Å². The minimum atomic E-state index is -4.25. The second kappa shape index (κ2) is 3.40. The van der Waals surface area contributed by atoms with Gasteiger partial charge >= 0.3 is 6.18 Å². The highest BCUT2D eigenvalue weighted by molar-refractivity contribution is 5.29. The van der Waals surface area contributed by atoms with Gasteiger partial charge in [-0.2, -0.15) is 13.2 Å². The van der Waals surface area contributed by atoms with E-state index >= 15 is 0 Å². The SMILES string of the molecule is CCc1[c]c(C)cc(C(F)(F)F)c1. The number of hydrogen-bond donors (Lipinski definition) is 0. The largest absolute Gasteiger partial charge is 0.416 e. The lowest BCUT2D eigenvalue weighted by atomic mass is 10.0. The smallest absolute Gasteiger partial charge is 0.166 e. The summed E-state index contributed by atoms with van der Waals surface area (Å²) < 4.78 is 36.8. The monoisotopic (exact) mass is 187 g/mol. The number of rotatable bonds is 1. The van der Waals surface area contributed by atoms with E-state index in [1.54, 1.807) is 6.92 Å². The van der Waals surface area contributed by atoms with Crippen molar-refractivity contribution in [3.8, 4) is 0 Å². The highest BCUT2D eigenvalue weighted by Crippen LogP contribution is 2.30. The van der Waals surface area contributed by atoms with Gasteiger partial charge in [0.05, 0.1) is 5.56 Å². The second-order valence-corrected chi connectivity index (χ2v) is 2.93. The van der Waals surface area contributed by atoms with Crippen LogP contribution in [0.15, 0.2) is 12.1 Å². The fraction of sp³-hybridized carbons (Fsp3) is 0.400. The molecule has 71 valence electrons. The van der Waals surface area contributed by atoms with Gasteiger partial charge in [0.1, 0.15) is 0 Å². The highest BCUT2D eigenvalue weighted by Gasteiger charge is 2.30. The molecule has 0 heterocycles. The van der Waals surface area contributed by atoms with Gasteiger partial charge in [0.15, 0.2) is 0 Å². The molecule has 0 saturated heterocycles. The maximum Gasteiger partial charge on any atom is 0.416 e. The van der Waals surface area contributed by atoms with Crippen molar-refractivity contribution in [1.82, 2.24) is 0 Å². The van der Waals surface area contributed by atoms with E-state index < -0.39 is 11.7 Å². The van der Waals surface area contributed by atoms with Crippen LogP contribution in [0.2, 0.25) is 0 Å². The molecule has 0 saturated carbocycles. The van der Waals surface area contributed by atoms with E-state index in [2.05, 4.69) is 6.07 Å². The second-order valence-electron chi connectivity index (χ2n) is 2.93. The zero-order valence-electron chi connectivity index (χ0n) is 7.50. The predicted molar refractivity (Wildman–Crippen MR) is 44.4 cm³/mol. The average Bonchev–Trinajstić information content (AvgIpc) is 2.01. The van der Waals surface area contributed by atoms with Crippen LogP contribution in [0.4, 0.5) is 13.2 Å². The van der Waals surface area contributed by atoms with Gasteiger partial charge < -0.3 is 0 Å². The van der Waals surface area contributed by atoms with E-state index in [1.807, 2.05) is 6.92 Å². The molecule has 0 atom stereocenters. The van der Waals surface area contributed by atoms with Crippen molar-refractivity contribution < 1.29 is 13.2 Å². The first-order valence-corrected chi connectivity index (χ1v) is 4.03. The lowest BCUT2D eigenvalue weighted by molar-refractivity contribution is -0.137. The fourth-order valence-electron chi connectivity index (χ4n) is 1.14. The van der Waals surface area contributed by atoms with Crippen LogP contribution in [0.25, 0.3) is 0 Å². The lowest BCUT2D eigenvalue weighted by Gasteiger charge is -2.08. The summed E-state index contributed by atoms with van der Waals surface area (Å²) in [6, 6.07) is 5.13. The number of benzene rings is 1. The van der Waals surface area contributed by atoms with Crippen molar-refractivity contribution >= 4 is 0 Å². The Kier molecular flexibility index (Phi) is 2.64. The molecule has 1 aromatic carbocycles. The van der Waals surface area contributed by atoms with E-state index in [4.69, 9.17) is 0 Å². The summed E-state index contributed by atoms with van der Waals surface area (Å²) in [6.45, 7) is 3.43. The molecule has 3 heteroatoms. The standard InChI is InChI=1S/C10H10F3/c1-3-8-4-7(2)5-9(6-8)10(11,12)13/h5-6H,3H2,1-2H3. The van der Waals surface area contributed by atoms with E-state index in [1.165, 1.54) is 0 Å². The van der Waals surface area contributed by atoms with Crippen molar-refractivity contribution in [2.45, 2.75) is 26.4 Å². The Bertz CT molecular complexity index is 300. The summed E-state index contributed by atoms with van der Waals surface area (Å²) in [7, 11) is 0. The number of halogens is 3. The maximum atomic E-state index is 12.3. The fourth-order valence-corrected chi connectivity index (χ4v) is 1.14. The molecule has 0 nitrogen and oxygen atoms in total. The number of hydrogen-bond acceptors (Lipinski definition) is 0. The predicted octanol–water partition coefficient (Wildman–Crippen LogP) is 3.38. The molecular formula is C10H10F3. The van der Waals surface area contributed by atoms with Gasteiger partial charge in [0.25, 0.3) is 0 Å². The van der Waals surface area contributed by atoms with E-state index in [9.17, 15) is 13.2 Å². The number of aryl methyl sites for hydroxylation is 2. The summed E-state index contributed by atoms with van der Waals surface area (Å²) in [5.74, 6) is 0. The first-order chi connectivity index (χ1) is 5.93. The third kappa shape index (κ3) is 2.47. The van der Waals surface area contributed by atoms with Gasteiger partial charge in [-0.05, 0) is 42.7 Å². The molecule has 1 rings (SSSR count). The molecule has 0 fully saturated rings. The summed E-state index contributed by atoms with van der Waals surface area (Å²) in [5, 5.41) is 0. The summed E-state index contributed by atoms with van der Waals surface area (Å²) in [6.07, 6.45) is -3.67. The Labute approximate surface area is 75.4 Å². The minimum Gasteiger partial charge on any atom is -0.166 e. The third-order valence-electron chi connectivity index (χ3n) is 1.77. The molecule has 0 amide bonds. The van der Waals surface area contributed by atoms with Crippen LogP contribution in [0.1, 0.15) is 23.6 Å². The summed E-state index contributed by atoms with van der Waals surface area (Å²) in [4.78, 5) is 0. The van der Waals surface area contributed by atoms with Crippen molar-refractivity contribution in [2.75, 3.05) is 0 Å². The first kappa shape index (κ1) is 10.1. The van der Waals surface area contributed by atoms with Crippen LogP contribution in [0.5, 0.6) is 0 Å². The van der Waals surface area contributed by atoms with E-state index in [-0.39, 0.29) is 0 Å². The normalized spacial score (nSPS) is 11.8. The zero-order chi connectivity index (χ0) is 10.1. The molecule has 0 N–H and O–H groups in total. The summed E-state index contributed by atoms with van der Waals surface area (Å²) >= 11 is 0. The maximum absolute atomic E-state index is 12.3. The van der Waals surface area contributed by atoms with Crippen LogP contribution >= 0.6 is 0 Å². The van der Waals surface area contributed by atoms with E-state index in [0.29, 0.717) is 17.5 Å². The lowest BCUT2D eigenvalue weighted by Crippen LogP contribution is -2.06. The summed E-state index contributed by atoms with van der Waals surface area (Å²) in [5.41, 5.74) is 0.555. The Balaban J connectivity index is 3.16. The molecule has 0 spiro atoms. The van der Waals surface area contributed by atoms with Crippen LogP contribution in [0.3, 0.4) is 0 Å². The topological polar surface area (TPSA) is 0 Å². The van der Waals surface area contributed by atoms with Crippen LogP contribution in [-0.2, 0) is 12.6 Å². The van der Waals surface area contributed by atoms with Gasteiger partial charge in [-0.15, -0.1) is 0 Å². The van der Waals surface area contributed by atoms with Gasteiger partial charge in [-0.25, -0.2) is 0 Å². The number of alkyl halides is 3. The zero-order valence-corrected chi connectivity index (χ0v) is 7.50. The van der Waals surface area contributed by atoms with Crippen molar-refractivity contribution in [2.24, 2.45) is 0 Å². The van der Waals surface area contributed by atoms with Gasteiger partial charge in [-0.1, -0.05) is 6.92 Å². The molecule has 0 unspecified atom stereocenters. The molecule has 0 aliphatic rings. The molecule has 0 aromatic heterocycles. The van der Waals surface area contributed by atoms with Crippen molar-refractivity contribution in [1.29, 1.82) is 0 Å². The Morgan fingerprint density at radius 2 is 1.92 bits per heavy atom. The van der Waals surface area contributed by atoms with Crippen LogP contribution in [0, 0.1) is 13.0 Å². The molecule has 0 bridgehead atoms. The third-order valence-corrected chi connectivity index (χ3v) is 1.77. The highest BCUT2D eigenvalue weighted by atomic mass is 19.4. The Hall–Kier alpha value is -0.990. The minimum absolute atomic E-state index is 0.534. The molecule has 1 aromatic rings. The quantitative estimate of drug-likeness (QED) is 0.632. The van der Waals surface area contributed by atoms with Gasteiger partial charge in [-0.3, -0.25) is 0 Å². The van der Waals surface area contributed by atoms with Crippen molar-refractivity contribution in [3.63, 3.8) is 0 Å². The average molecular weight is 187 g/mol. The molecule has 1 radical (unpaired) electrons. The molecule has 13 heavy (non-hydrogen) atoms. The Morgan fingerprint density at radius 1 is 1.31 bits per heavy atom. The van der Waals surface area contributed by atoms with E-state index in [0.717, 1.165) is 12.1 Å². The molecule has 0 aliphatic heterocycles. The Morgan fingerprint density at radius 3 is 2.38 bits per heavy atom. The first-order valence-electron chi connectivity index (χ1n) is 4.03. The molecular weight excluding hydrogens is 177 g/mol. The van der Waals surface area contributed by atoms with Crippen LogP contribution in [-0.4, -0.2) is 0 Å². The van der Waals surface area contributed by atoms with Gasteiger partial charge in [0.2, 0.25) is 0 Å².